The fraction of sp³-hybridized carbons (Fsp3) is 0.125. The zero-order valence-corrected chi connectivity index (χ0v) is 13.6. The second-order valence-electron chi connectivity index (χ2n) is 5.64. The van der Waals surface area contributed by atoms with Gasteiger partial charge in [-0.15, -0.1) is 0 Å². The van der Waals surface area contributed by atoms with Crippen LogP contribution in [0.5, 0.6) is 0 Å². The minimum absolute atomic E-state index is 0.226. The Labute approximate surface area is 140 Å². The number of aryl methyl sites for hydroxylation is 2. The normalized spacial score (nSPS) is 11.5. The Hall–Kier alpha value is -2.93. The van der Waals surface area contributed by atoms with E-state index in [0.29, 0.717) is 27.9 Å². The first-order valence-electron chi connectivity index (χ1n) is 7.19. The first-order valence-corrected chi connectivity index (χ1v) is 7.57. The summed E-state index contributed by atoms with van der Waals surface area (Å²) in [6, 6.07) is 3.50. The molecule has 7 nitrogen and oxygen atoms in total. The molecular weight excluding hydrogens is 330 g/mol. The van der Waals surface area contributed by atoms with E-state index in [2.05, 4.69) is 20.1 Å². The van der Waals surface area contributed by atoms with Crippen molar-refractivity contribution in [3.63, 3.8) is 0 Å². The van der Waals surface area contributed by atoms with Crippen molar-refractivity contribution in [2.24, 2.45) is 7.05 Å². The van der Waals surface area contributed by atoms with Gasteiger partial charge in [0.25, 0.3) is 5.56 Å². The molecule has 120 valence electrons. The van der Waals surface area contributed by atoms with Gasteiger partial charge in [0.15, 0.2) is 0 Å². The number of aromatic amines is 2. The van der Waals surface area contributed by atoms with E-state index in [1.165, 1.54) is 0 Å². The highest BCUT2D eigenvalue weighted by atomic mass is 35.5. The van der Waals surface area contributed by atoms with Crippen LogP contribution >= 0.6 is 11.6 Å². The summed E-state index contributed by atoms with van der Waals surface area (Å²) in [6.07, 6.45) is 2.47. The van der Waals surface area contributed by atoms with E-state index in [4.69, 9.17) is 11.6 Å². The number of nitrogens with one attached hydrogen (secondary N) is 2. The highest BCUT2D eigenvalue weighted by Gasteiger charge is 2.18. The first kappa shape index (κ1) is 14.6. The highest BCUT2D eigenvalue weighted by Crippen LogP contribution is 2.29. The fourth-order valence-electron chi connectivity index (χ4n) is 2.78. The van der Waals surface area contributed by atoms with E-state index in [-0.39, 0.29) is 16.1 Å². The van der Waals surface area contributed by atoms with E-state index in [9.17, 15) is 9.59 Å². The number of pyridine rings is 1. The van der Waals surface area contributed by atoms with Crippen LogP contribution in [-0.2, 0) is 7.05 Å². The number of carbonyl (C=O) groups excluding carboxylic acids is 1. The third-order valence-electron chi connectivity index (χ3n) is 3.96. The predicted octanol–water partition coefficient (Wildman–Crippen LogP) is 2.58. The van der Waals surface area contributed by atoms with Crippen LogP contribution in [0.4, 0.5) is 0 Å². The molecule has 0 fully saturated rings. The molecule has 3 aromatic heterocycles. The summed E-state index contributed by atoms with van der Waals surface area (Å²) < 4.78 is 1.58. The zero-order valence-electron chi connectivity index (χ0n) is 12.8. The molecule has 0 saturated heterocycles. The van der Waals surface area contributed by atoms with Crippen molar-refractivity contribution in [2.45, 2.75) is 6.92 Å². The van der Waals surface area contributed by atoms with Crippen LogP contribution in [0.15, 0.2) is 23.1 Å². The molecule has 0 saturated carbocycles. The number of hydrogen-bond donors (Lipinski definition) is 2. The van der Waals surface area contributed by atoms with Gasteiger partial charge in [-0.05, 0) is 24.6 Å². The van der Waals surface area contributed by atoms with Crippen LogP contribution in [0.3, 0.4) is 0 Å². The van der Waals surface area contributed by atoms with Gasteiger partial charge < -0.3 is 9.97 Å². The fourth-order valence-corrected chi connectivity index (χ4v) is 3.10. The summed E-state index contributed by atoms with van der Waals surface area (Å²) in [5, 5.41) is 4.50. The van der Waals surface area contributed by atoms with Gasteiger partial charge in [0.2, 0.25) is 0 Å². The Kier molecular flexibility index (Phi) is 3.07. The standard InChI is InChI=1S/C16H12ClN5O2/c1-7-3-9-10(4-8(7)6-23)19-15(18-9)12-13(17)14-11(20-16(12)24)5-22(2)21-14/h3-6H,1-2H3,(H,18,19)(H,20,24). The molecule has 0 aliphatic heterocycles. The number of carbonyl (C=O) groups is 1. The molecule has 8 heteroatoms. The molecule has 0 unspecified atom stereocenters. The van der Waals surface area contributed by atoms with Gasteiger partial charge in [0, 0.05) is 18.8 Å². The highest BCUT2D eigenvalue weighted by molar-refractivity contribution is 6.37. The first-order chi connectivity index (χ1) is 11.5. The Morgan fingerprint density at radius 1 is 1.25 bits per heavy atom. The Bertz CT molecular complexity index is 1180. The van der Waals surface area contributed by atoms with Crippen molar-refractivity contribution in [3.8, 4) is 11.4 Å². The molecule has 0 amide bonds. The maximum atomic E-state index is 12.4. The summed E-state index contributed by atoms with van der Waals surface area (Å²) in [5.74, 6) is 0.339. The second kappa shape index (κ2) is 5.04. The van der Waals surface area contributed by atoms with Crippen LogP contribution in [0.2, 0.25) is 5.02 Å². The summed E-state index contributed by atoms with van der Waals surface area (Å²) in [7, 11) is 1.75. The van der Waals surface area contributed by atoms with Gasteiger partial charge >= 0.3 is 0 Å². The SMILES string of the molecule is Cc1cc2[nH]c(-c3c(Cl)c4nn(C)cc4[nH]c3=O)nc2cc1C=O. The van der Waals surface area contributed by atoms with E-state index in [1.54, 1.807) is 24.0 Å². The maximum absolute atomic E-state index is 12.4. The number of nitrogens with zero attached hydrogens (tertiary/aromatic N) is 3. The van der Waals surface area contributed by atoms with Crippen LogP contribution in [0.25, 0.3) is 33.5 Å². The number of fused-ring (bicyclic) bond motifs is 2. The monoisotopic (exact) mass is 341 g/mol. The minimum Gasteiger partial charge on any atom is -0.338 e. The molecule has 0 atom stereocenters. The van der Waals surface area contributed by atoms with Crippen LogP contribution in [0, 0.1) is 6.92 Å². The number of H-pyrrole nitrogens is 2. The maximum Gasteiger partial charge on any atom is 0.261 e. The lowest BCUT2D eigenvalue weighted by Crippen LogP contribution is -2.10. The number of benzene rings is 1. The molecule has 0 bridgehead atoms. The van der Waals surface area contributed by atoms with Gasteiger partial charge in [-0.25, -0.2) is 4.98 Å². The lowest BCUT2D eigenvalue weighted by Gasteiger charge is -2.00. The third-order valence-corrected chi connectivity index (χ3v) is 4.33. The summed E-state index contributed by atoms with van der Waals surface area (Å²) in [6.45, 7) is 1.84. The summed E-state index contributed by atoms with van der Waals surface area (Å²) >= 11 is 6.40. The molecule has 4 rings (SSSR count). The molecule has 0 aliphatic carbocycles. The Balaban J connectivity index is 2.02. The van der Waals surface area contributed by atoms with E-state index in [0.717, 1.165) is 17.4 Å². The van der Waals surface area contributed by atoms with Crippen molar-refractivity contribution in [1.82, 2.24) is 24.7 Å². The second-order valence-corrected chi connectivity index (χ2v) is 6.02. The number of rotatable bonds is 2. The van der Waals surface area contributed by atoms with Gasteiger partial charge in [0.1, 0.15) is 23.2 Å². The van der Waals surface area contributed by atoms with E-state index in [1.807, 2.05) is 13.0 Å². The predicted molar refractivity (Wildman–Crippen MR) is 91.6 cm³/mol. The molecule has 24 heavy (non-hydrogen) atoms. The number of aldehydes is 1. The quantitative estimate of drug-likeness (QED) is 0.548. The number of imidazole rings is 1. The third kappa shape index (κ3) is 2.05. The molecule has 3 heterocycles. The molecule has 0 radical (unpaired) electrons. The number of hydrogen-bond acceptors (Lipinski definition) is 4. The van der Waals surface area contributed by atoms with E-state index >= 15 is 0 Å². The summed E-state index contributed by atoms with van der Waals surface area (Å²) in [4.78, 5) is 33.8. The van der Waals surface area contributed by atoms with Crippen molar-refractivity contribution >= 4 is 40.0 Å². The average Bonchev–Trinajstić information content (AvgIpc) is 3.08. The lowest BCUT2D eigenvalue weighted by molar-refractivity contribution is 0.112. The van der Waals surface area contributed by atoms with Crippen molar-refractivity contribution in [2.75, 3.05) is 0 Å². The van der Waals surface area contributed by atoms with Crippen molar-refractivity contribution < 1.29 is 4.79 Å². The number of halogens is 1. The number of aromatic nitrogens is 5. The van der Waals surface area contributed by atoms with Crippen LogP contribution in [0.1, 0.15) is 15.9 Å². The molecule has 4 aromatic rings. The summed E-state index contributed by atoms with van der Waals surface area (Å²) in [5.41, 5.74) is 3.63. The minimum atomic E-state index is -0.355. The Morgan fingerprint density at radius 2 is 2.04 bits per heavy atom. The molecule has 0 aliphatic rings. The van der Waals surface area contributed by atoms with Crippen molar-refractivity contribution in [1.29, 1.82) is 0 Å². The van der Waals surface area contributed by atoms with Crippen molar-refractivity contribution in [3.05, 3.63) is 44.8 Å². The molecule has 1 aromatic carbocycles. The topological polar surface area (TPSA) is 96.4 Å². The van der Waals surface area contributed by atoms with Gasteiger partial charge in [-0.3, -0.25) is 14.3 Å². The van der Waals surface area contributed by atoms with Crippen LogP contribution < -0.4 is 5.56 Å². The molecular formula is C16H12ClN5O2. The average molecular weight is 342 g/mol. The largest absolute Gasteiger partial charge is 0.338 e. The van der Waals surface area contributed by atoms with Gasteiger partial charge in [0.05, 0.1) is 21.6 Å². The van der Waals surface area contributed by atoms with Gasteiger partial charge in [-0.2, -0.15) is 5.10 Å². The Morgan fingerprint density at radius 3 is 2.79 bits per heavy atom. The molecule has 0 spiro atoms. The molecule has 2 N–H and O–H groups in total. The van der Waals surface area contributed by atoms with Gasteiger partial charge in [-0.1, -0.05) is 11.6 Å². The van der Waals surface area contributed by atoms with E-state index < -0.39 is 0 Å². The smallest absolute Gasteiger partial charge is 0.261 e. The lowest BCUT2D eigenvalue weighted by atomic mass is 10.1. The van der Waals surface area contributed by atoms with Crippen LogP contribution in [-0.4, -0.2) is 31.0 Å². The zero-order chi connectivity index (χ0) is 17.0.